The molecule has 170 valence electrons. The molecule has 3 aromatic rings. The Labute approximate surface area is 193 Å². The normalized spacial score (nSPS) is 15.9. The standard InChI is InChI=1S/C24H29N3O3S2/c1-3-4-13-27-23(18-31-24(27)25-21-9-5-19(2)6-10-21)20-7-11-22(12-8-20)32(28,29)26-14-16-30-17-15-26/h5-12,18H,3-4,13-17H2,1-2H3. The lowest BCUT2D eigenvalue weighted by molar-refractivity contribution is 0.0730. The highest BCUT2D eigenvalue weighted by molar-refractivity contribution is 7.89. The molecule has 1 fully saturated rings. The van der Waals surface area contributed by atoms with Crippen LogP contribution >= 0.6 is 11.3 Å². The molecule has 8 heteroatoms. The zero-order valence-corrected chi connectivity index (χ0v) is 20.2. The minimum absolute atomic E-state index is 0.322. The van der Waals surface area contributed by atoms with Crippen molar-refractivity contribution in [2.24, 2.45) is 4.99 Å². The van der Waals surface area contributed by atoms with Gasteiger partial charge in [0.2, 0.25) is 10.0 Å². The first kappa shape index (κ1) is 22.9. The van der Waals surface area contributed by atoms with Gasteiger partial charge >= 0.3 is 0 Å². The maximum absolute atomic E-state index is 12.9. The van der Waals surface area contributed by atoms with Gasteiger partial charge in [0, 0.05) is 25.0 Å². The number of benzene rings is 2. The van der Waals surface area contributed by atoms with Gasteiger partial charge in [0.25, 0.3) is 0 Å². The summed E-state index contributed by atoms with van der Waals surface area (Å²) in [4.78, 5) is 6.14. The van der Waals surface area contributed by atoms with Crippen LogP contribution in [0.1, 0.15) is 25.3 Å². The molecule has 1 aliphatic heterocycles. The molecule has 0 radical (unpaired) electrons. The van der Waals surface area contributed by atoms with Crippen LogP contribution in [-0.2, 0) is 21.3 Å². The molecular weight excluding hydrogens is 442 g/mol. The van der Waals surface area contributed by atoms with Crippen LogP contribution in [0.25, 0.3) is 11.3 Å². The molecule has 2 aromatic carbocycles. The Kier molecular flexibility index (Phi) is 7.25. The average Bonchev–Trinajstić information content (AvgIpc) is 3.22. The van der Waals surface area contributed by atoms with Crippen LogP contribution in [0.5, 0.6) is 0 Å². The first-order valence-electron chi connectivity index (χ1n) is 11.0. The molecule has 0 saturated carbocycles. The third-order valence-electron chi connectivity index (χ3n) is 5.55. The highest BCUT2D eigenvalue weighted by atomic mass is 32.2. The highest BCUT2D eigenvalue weighted by Crippen LogP contribution is 2.25. The third-order valence-corrected chi connectivity index (χ3v) is 8.33. The molecule has 0 spiro atoms. The van der Waals surface area contributed by atoms with Crippen LogP contribution < -0.4 is 4.80 Å². The van der Waals surface area contributed by atoms with Crippen LogP contribution in [0, 0.1) is 6.92 Å². The van der Waals surface area contributed by atoms with E-state index in [0.29, 0.717) is 31.2 Å². The summed E-state index contributed by atoms with van der Waals surface area (Å²) in [5.74, 6) is 0. The number of hydrogen-bond acceptors (Lipinski definition) is 5. The van der Waals surface area contributed by atoms with Crippen LogP contribution in [0.15, 0.2) is 63.8 Å². The van der Waals surface area contributed by atoms with Crippen molar-refractivity contribution in [3.63, 3.8) is 0 Å². The van der Waals surface area contributed by atoms with Crippen molar-refractivity contribution >= 4 is 27.0 Å². The summed E-state index contributed by atoms with van der Waals surface area (Å²) < 4.78 is 34.9. The second-order valence-corrected chi connectivity index (χ2v) is 10.7. The maximum Gasteiger partial charge on any atom is 0.243 e. The number of morpholine rings is 1. The molecule has 2 heterocycles. The molecule has 4 rings (SSSR count). The van der Waals surface area contributed by atoms with Gasteiger partial charge in [-0.3, -0.25) is 0 Å². The van der Waals surface area contributed by atoms with E-state index in [2.05, 4.69) is 35.9 Å². The van der Waals surface area contributed by atoms with Crippen molar-refractivity contribution in [1.82, 2.24) is 8.87 Å². The number of aryl methyl sites for hydroxylation is 1. The van der Waals surface area contributed by atoms with E-state index in [1.54, 1.807) is 23.5 Å². The summed E-state index contributed by atoms with van der Waals surface area (Å²) in [6, 6.07) is 15.4. The Balaban J connectivity index is 1.67. The summed E-state index contributed by atoms with van der Waals surface area (Å²) in [5, 5.41) is 2.11. The van der Waals surface area contributed by atoms with Crippen molar-refractivity contribution in [1.29, 1.82) is 0 Å². The molecule has 0 bridgehead atoms. The van der Waals surface area contributed by atoms with Gasteiger partial charge in [0.1, 0.15) is 0 Å². The number of ether oxygens (including phenoxy) is 1. The summed E-state index contributed by atoms with van der Waals surface area (Å²) in [6.07, 6.45) is 2.14. The molecule has 0 atom stereocenters. The van der Waals surface area contributed by atoms with Crippen LogP contribution in [0.2, 0.25) is 0 Å². The molecule has 1 aliphatic rings. The van der Waals surface area contributed by atoms with Gasteiger partial charge in [-0.1, -0.05) is 43.2 Å². The number of aromatic nitrogens is 1. The van der Waals surface area contributed by atoms with E-state index in [1.807, 2.05) is 24.3 Å². The molecule has 1 saturated heterocycles. The number of nitrogens with zero attached hydrogens (tertiary/aromatic N) is 3. The Hall–Kier alpha value is -2.26. The van der Waals surface area contributed by atoms with Crippen LogP contribution in [-0.4, -0.2) is 43.6 Å². The highest BCUT2D eigenvalue weighted by Gasteiger charge is 2.26. The quantitative estimate of drug-likeness (QED) is 0.507. The van der Waals surface area contributed by atoms with Crippen molar-refractivity contribution in [2.45, 2.75) is 38.1 Å². The van der Waals surface area contributed by atoms with Crippen LogP contribution in [0.3, 0.4) is 0 Å². The Morgan fingerprint density at radius 3 is 2.38 bits per heavy atom. The molecule has 1 aromatic heterocycles. The maximum atomic E-state index is 12.9. The second-order valence-electron chi connectivity index (χ2n) is 7.90. The average molecular weight is 472 g/mol. The van der Waals surface area contributed by atoms with Crippen molar-refractivity contribution in [3.05, 3.63) is 64.3 Å². The van der Waals surface area contributed by atoms with Gasteiger partial charge in [-0.15, -0.1) is 11.3 Å². The van der Waals surface area contributed by atoms with E-state index in [1.165, 1.54) is 9.87 Å². The van der Waals surface area contributed by atoms with Crippen molar-refractivity contribution < 1.29 is 13.2 Å². The van der Waals surface area contributed by atoms with Crippen molar-refractivity contribution in [2.75, 3.05) is 26.3 Å². The van der Waals surface area contributed by atoms with E-state index < -0.39 is 10.0 Å². The first-order valence-corrected chi connectivity index (χ1v) is 13.3. The monoisotopic (exact) mass is 471 g/mol. The summed E-state index contributed by atoms with van der Waals surface area (Å²) in [7, 11) is -3.49. The van der Waals surface area contributed by atoms with Gasteiger partial charge < -0.3 is 9.30 Å². The minimum Gasteiger partial charge on any atom is -0.379 e. The van der Waals surface area contributed by atoms with Gasteiger partial charge in [0.15, 0.2) is 4.80 Å². The topological polar surface area (TPSA) is 63.9 Å². The zero-order valence-electron chi connectivity index (χ0n) is 18.5. The SMILES string of the molecule is CCCCn1c(-c2ccc(S(=O)(=O)N3CCOCC3)cc2)csc1=Nc1ccc(C)cc1. The molecule has 0 unspecified atom stereocenters. The summed E-state index contributed by atoms with van der Waals surface area (Å²) >= 11 is 1.61. The predicted octanol–water partition coefficient (Wildman–Crippen LogP) is 4.58. The lowest BCUT2D eigenvalue weighted by Crippen LogP contribution is -2.40. The molecular formula is C24H29N3O3S2. The summed E-state index contributed by atoms with van der Waals surface area (Å²) in [5.41, 5.74) is 4.19. The van der Waals surface area contributed by atoms with Gasteiger partial charge in [-0.2, -0.15) is 4.31 Å². The number of hydrogen-bond donors (Lipinski definition) is 0. The number of unbranched alkanes of at least 4 members (excludes halogenated alkanes) is 1. The predicted molar refractivity (Wildman–Crippen MR) is 129 cm³/mol. The number of rotatable bonds is 7. The number of sulfonamides is 1. The largest absolute Gasteiger partial charge is 0.379 e. The lowest BCUT2D eigenvalue weighted by atomic mass is 10.1. The Morgan fingerprint density at radius 2 is 1.72 bits per heavy atom. The molecule has 0 amide bonds. The molecule has 0 aliphatic carbocycles. The fourth-order valence-corrected chi connectivity index (χ4v) is 6.01. The summed E-state index contributed by atoms with van der Waals surface area (Å²) in [6.45, 7) is 6.79. The van der Waals surface area contributed by atoms with E-state index in [-0.39, 0.29) is 0 Å². The Morgan fingerprint density at radius 1 is 1.03 bits per heavy atom. The lowest BCUT2D eigenvalue weighted by Gasteiger charge is -2.26. The zero-order chi connectivity index (χ0) is 22.6. The fourth-order valence-electron chi connectivity index (χ4n) is 3.65. The molecule has 0 N–H and O–H groups in total. The Bertz CT molecular complexity index is 1200. The van der Waals surface area contributed by atoms with E-state index >= 15 is 0 Å². The van der Waals surface area contributed by atoms with Gasteiger partial charge in [-0.05, 0) is 43.2 Å². The third kappa shape index (κ3) is 5.04. The molecule has 6 nitrogen and oxygen atoms in total. The first-order chi connectivity index (χ1) is 15.5. The fraction of sp³-hybridized carbons (Fsp3) is 0.375. The number of thiazole rings is 1. The van der Waals surface area contributed by atoms with Crippen LogP contribution in [0.4, 0.5) is 5.69 Å². The van der Waals surface area contributed by atoms with E-state index in [4.69, 9.17) is 9.73 Å². The minimum atomic E-state index is -3.49. The van der Waals surface area contributed by atoms with Gasteiger partial charge in [-0.25, -0.2) is 13.4 Å². The molecule has 32 heavy (non-hydrogen) atoms. The van der Waals surface area contributed by atoms with E-state index in [9.17, 15) is 8.42 Å². The smallest absolute Gasteiger partial charge is 0.243 e. The second kappa shape index (κ2) is 10.1. The van der Waals surface area contributed by atoms with E-state index in [0.717, 1.165) is 41.1 Å². The van der Waals surface area contributed by atoms with Crippen molar-refractivity contribution in [3.8, 4) is 11.3 Å². The van der Waals surface area contributed by atoms with Gasteiger partial charge in [0.05, 0.1) is 29.5 Å².